The lowest BCUT2D eigenvalue weighted by molar-refractivity contribution is 0.470. The Hall–Kier alpha value is -2.12. The second kappa shape index (κ2) is 6.55. The third kappa shape index (κ3) is 3.16. The molecule has 1 atom stereocenters. The minimum Gasteiger partial charge on any atom is -0.508 e. The SMILES string of the molecule is Cc1c(O)ccc2c(=O)cc(-c3ccc(CCCP)cc3)oc12. The van der Waals surface area contributed by atoms with Crippen LogP contribution < -0.4 is 5.43 Å². The molecule has 2 aromatic carbocycles. The van der Waals surface area contributed by atoms with Crippen LogP contribution in [-0.4, -0.2) is 11.3 Å². The van der Waals surface area contributed by atoms with Crippen molar-refractivity contribution in [1.29, 1.82) is 0 Å². The van der Waals surface area contributed by atoms with E-state index in [-0.39, 0.29) is 11.2 Å². The van der Waals surface area contributed by atoms with Gasteiger partial charge in [0.2, 0.25) is 0 Å². The summed E-state index contributed by atoms with van der Waals surface area (Å²) in [6, 6.07) is 12.7. The first-order valence-electron chi connectivity index (χ1n) is 7.66. The van der Waals surface area contributed by atoms with Crippen molar-refractivity contribution in [3.8, 4) is 17.1 Å². The van der Waals surface area contributed by atoms with E-state index in [0.717, 1.165) is 24.6 Å². The molecule has 118 valence electrons. The van der Waals surface area contributed by atoms with Crippen LogP contribution in [0.5, 0.6) is 5.75 Å². The largest absolute Gasteiger partial charge is 0.508 e. The quantitative estimate of drug-likeness (QED) is 0.728. The van der Waals surface area contributed by atoms with Gasteiger partial charge in [-0.2, -0.15) is 0 Å². The molecule has 0 radical (unpaired) electrons. The van der Waals surface area contributed by atoms with Crippen LogP contribution in [0.1, 0.15) is 17.5 Å². The van der Waals surface area contributed by atoms with Gasteiger partial charge in [0.05, 0.1) is 5.39 Å². The molecule has 1 unspecified atom stereocenters. The van der Waals surface area contributed by atoms with E-state index >= 15 is 0 Å². The highest BCUT2D eigenvalue weighted by atomic mass is 31.0. The van der Waals surface area contributed by atoms with Crippen LogP contribution in [0.4, 0.5) is 0 Å². The first-order chi connectivity index (χ1) is 11.1. The van der Waals surface area contributed by atoms with Crippen LogP contribution >= 0.6 is 9.24 Å². The molecular formula is C19H19O3P. The van der Waals surface area contributed by atoms with Crippen LogP contribution in [-0.2, 0) is 6.42 Å². The van der Waals surface area contributed by atoms with Gasteiger partial charge in [-0.15, -0.1) is 9.24 Å². The Bertz CT molecular complexity index is 895. The topological polar surface area (TPSA) is 50.4 Å². The second-order valence-electron chi connectivity index (χ2n) is 5.65. The third-order valence-electron chi connectivity index (χ3n) is 4.02. The number of benzene rings is 2. The lowest BCUT2D eigenvalue weighted by atomic mass is 10.1. The van der Waals surface area contributed by atoms with Crippen molar-refractivity contribution in [1.82, 2.24) is 0 Å². The third-order valence-corrected chi connectivity index (χ3v) is 4.43. The molecular weight excluding hydrogens is 307 g/mol. The summed E-state index contributed by atoms with van der Waals surface area (Å²) in [5, 5.41) is 10.3. The predicted octanol–water partition coefficient (Wildman–Crippen LogP) is 4.28. The molecule has 3 rings (SSSR count). The first-order valence-corrected chi connectivity index (χ1v) is 8.47. The predicted molar refractivity (Wildman–Crippen MR) is 97.2 cm³/mol. The van der Waals surface area contributed by atoms with Crippen molar-refractivity contribution >= 4 is 20.2 Å². The first kappa shape index (κ1) is 15.8. The molecule has 0 aliphatic heterocycles. The van der Waals surface area contributed by atoms with Gasteiger partial charge < -0.3 is 9.52 Å². The Balaban J connectivity index is 2.06. The normalized spacial score (nSPS) is 11.0. The maximum atomic E-state index is 12.3. The number of rotatable bonds is 4. The molecule has 0 bridgehead atoms. The van der Waals surface area contributed by atoms with Crippen molar-refractivity contribution in [2.75, 3.05) is 6.16 Å². The number of aryl methyl sites for hydroxylation is 2. The summed E-state index contributed by atoms with van der Waals surface area (Å²) in [6.07, 6.45) is 3.26. The Kier molecular flexibility index (Phi) is 4.49. The monoisotopic (exact) mass is 326 g/mol. The maximum Gasteiger partial charge on any atom is 0.193 e. The molecule has 0 amide bonds. The lowest BCUT2D eigenvalue weighted by Crippen LogP contribution is -2.01. The highest BCUT2D eigenvalue weighted by molar-refractivity contribution is 7.16. The van der Waals surface area contributed by atoms with E-state index < -0.39 is 0 Å². The molecule has 4 heteroatoms. The average Bonchev–Trinajstić information content (AvgIpc) is 2.57. The van der Waals surface area contributed by atoms with E-state index in [1.807, 2.05) is 12.1 Å². The number of hydrogen-bond acceptors (Lipinski definition) is 3. The Morgan fingerprint density at radius 1 is 1.13 bits per heavy atom. The van der Waals surface area contributed by atoms with E-state index in [4.69, 9.17) is 4.42 Å². The van der Waals surface area contributed by atoms with E-state index in [1.54, 1.807) is 13.0 Å². The van der Waals surface area contributed by atoms with Crippen molar-refractivity contribution in [3.05, 3.63) is 63.8 Å². The van der Waals surface area contributed by atoms with Crippen LogP contribution in [0, 0.1) is 6.92 Å². The molecule has 0 spiro atoms. The maximum absolute atomic E-state index is 12.3. The zero-order valence-electron chi connectivity index (χ0n) is 13.0. The standard InChI is InChI=1S/C19H19O3P/c1-12-16(20)9-8-15-17(21)11-18(22-19(12)15)14-6-4-13(5-7-14)3-2-10-23/h4-9,11,20H,2-3,10,23H2,1H3. The minimum absolute atomic E-state index is 0.101. The molecule has 0 aliphatic rings. The molecule has 0 aliphatic carbocycles. The number of phenolic OH excluding ortho intramolecular Hbond substituents is 1. The molecule has 1 aromatic heterocycles. The summed E-state index contributed by atoms with van der Waals surface area (Å²) in [5.74, 6) is 0.652. The van der Waals surface area contributed by atoms with Crippen molar-refractivity contribution in [2.24, 2.45) is 0 Å². The van der Waals surface area contributed by atoms with Gasteiger partial charge in [0, 0.05) is 17.2 Å². The zero-order chi connectivity index (χ0) is 16.4. The summed E-state index contributed by atoms with van der Waals surface area (Å²) in [6.45, 7) is 1.75. The summed E-state index contributed by atoms with van der Waals surface area (Å²) < 4.78 is 5.90. The summed E-state index contributed by atoms with van der Waals surface area (Å²) >= 11 is 0. The summed E-state index contributed by atoms with van der Waals surface area (Å²) in [4.78, 5) is 12.3. The highest BCUT2D eigenvalue weighted by Crippen LogP contribution is 2.28. The van der Waals surface area contributed by atoms with Gasteiger partial charge in [-0.1, -0.05) is 24.3 Å². The van der Waals surface area contributed by atoms with E-state index in [0.29, 0.717) is 22.3 Å². The van der Waals surface area contributed by atoms with E-state index in [9.17, 15) is 9.90 Å². The fourth-order valence-electron chi connectivity index (χ4n) is 2.63. The fourth-order valence-corrected chi connectivity index (χ4v) is 2.83. The van der Waals surface area contributed by atoms with Crippen molar-refractivity contribution < 1.29 is 9.52 Å². The molecule has 3 nitrogen and oxygen atoms in total. The zero-order valence-corrected chi connectivity index (χ0v) is 14.2. The van der Waals surface area contributed by atoms with Crippen molar-refractivity contribution in [2.45, 2.75) is 19.8 Å². The number of hydrogen-bond donors (Lipinski definition) is 1. The Morgan fingerprint density at radius 2 is 1.87 bits per heavy atom. The Labute approximate surface area is 137 Å². The number of aromatic hydroxyl groups is 1. The molecule has 0 saturated heterocycles. The Morgan fingerprint density at radius 3 is 2.57 bits per heavy atom. The van der Waals surface area contributed by atoms with Crippen molar-refractivity contribution in [3.63, 3.8) is 0 Å². The van der Waals surface area contributed by atoms with Crippen LogP contribution in [0.2, 0.25) is 0 Å². The molecule has 1 heterocycles. The lowest BCUT2D eigenvalue weighted by Gasteiger charge is -2.07. The molecule has 23 heavy (non-hydrogen) atoms. The fraction of sp³-hybridized carbons (Fsp3) is 0.211. The number of fused-ring (bicyclic) bond motifs is 1. The van der Waals surface area contributed by atoms with Crippen LogP contribution in [0.3, 0.4) is 0 Å². The van der Waals surface area contributed by atoms with Crippen LogP contribution in [0.25, 0.3) is 22.3 Å². The highest BCUT2D eigenvalue weighted by Gasteiger charge is 2.11. The van der Waals surface area contributed by atoms with E-state index in [2.05, 4.69) is 21.4 Å². The van der Waals surface area contributed by atoms with Gasteiger partial charge in [-0.05, 0) is 43.6 Å². The van der Waals surface area contributed by atoms with Gasteiger partial charge in [-0.25, -0.2) is 0 Å². The van der Waals surface area contributed by atoms with Gasteiger partial charge in [0.15, 0.2) is 5.43 Å². The second-order valence-corrected chi connectivity index (χ2v) is 6.23. The van der Waals surface area contributed by atoms with Gasteiger partial charge in [0.1, 0.15) is 17.1 Å². The van der Waals surface area contributed by atoms with Gasteiger partial charge in [0.25, 0.3) is 0 Å². The smallest absolute Gasteiger partial charge is 0.193 e. The minimum atomic E-state index is -0.101. The number of phenols is 1. The van der Waals surface area contributed by atoms with Gasteiger partial charge >= 0.3 is 0 Å². The van der Waals surface area contributed by atoms with E-state index in [1.165, 1.54) is 17.7 Å². The molecule has 3 aromatic rings. The molecule has 0 saturated carbocycles. The summed E-state index contributed by atoms with van der Waals surface area (Å²) in [7, 11) is 2.73. The van der Waals surface area contributed by atoms with Crippen LogP contribution in [0.15, 0.2) is 51.7 Å². The summed E-state index contributed by atoms with van der Waals surface area (Å²) in [5.41, 5.74) is 3.06. The van der Waals surface area contributed by atoms with Gasteiger partial charge in [-0.3, -0.25) is 4.79 Å². The molecule has 1 N–H and O–H groups in total. The molecule has 0 fully saturated rings. The average molecular weight is 326 g/mol.